The average Bonchev–Trinajstić information content (AvgIpc) is 2.68. The molecular formula is C10H22N2O2S2. The highest BCUT2D eigenvalue weighted by Crippen LogP contribution is 2.16. The molecule has 0 aromatic heterocycles. The van der Waals surface area contributed by atoms with Crippen LogP contribution in [0.4, 0.5) is 0 Å². The summed E-state index contributed by atoms with van der Waals surface area (Å²) in [6, 6.07) is 0.637. The largest absolute Gasteiger partial charge is 0.313 e. The second-order valence-corrected chi connectivity index (χ2v) is 7.26. The van der Waals surface area contributed by atoms with E-state index in [0.29, 0.717) is 19.1 Å². The molecule has 1 fully saturated rings. The third kappa shape index (κ3) is 5.03. The molecule has 0 saturated carbocycles. The van der Waals surface area contributed by atoms with Gasteiger partial charge in [0.1, 0.15) is 0 Å². The lowest BCUT2D eigenvalue weighted by Crippen LogP contribution is -2.34. The van der Waals surface area contributed by atoms with Gasteiger partial charge in [0.15, 0.2) is 0 Å². The fourth-order valence-corrected chi connectivity index (χ4v) is 3.93. The number of hydrogen-bond donors (Lipinski definition) is 1. The Kier molecular flexibility index (Phi) is 6.10. The first-order valence-corrected chi connectivity index (χ1v) is 8.80. The second-order valence-electron chi connectivity index (χ2n) is 4.12. The molecule has 4 nitrogen and oxygen atoms in total. The van der Waals surface area contributed by atoms with E-state index in [0.717, 1.165) is 13.0 Å². The van der Waals surface area contributed by atoms with Gasteiger partial charge in [0.05, 0.1) is 6.26 Å². The van der Waals surface area contributed by atoms with Gasteiger partial charge in [-0.1, -0.05) is 6.92 Å². The number of hydrogen-bond acceptors (Lipinski definition) is 4. The van der Waals surface area contributed by atoms with Crippen LogP contribution < -0.4 is 5.32 Å². The molecule has 0 aromatic carbocycles. The van der Waals surface area contributed by atoms with Gasteiger partial charge in [-0.2, -0.15) is 11.8 Å². The minimum atomic E-state index is -3.01. The molecule has 1 aliphatic rings. The summed E-state index contributed by atoms with van der Waals surface area (Å²) in [6.07, 6.45) is 3.41. The standard InChI is InChI=1S/C10H22N2O2S2/c1-3-12(16(2,13)14)7-4-6-11-10-5-8-15-9-10/h10-11H,3-9H2,1-2H3. The van der Waals surface area contributed by atoms with E-state index in [1.54, 1.807) is 0 Å². The molecule has 1 saturated heterocycles. The van der Waals surface area contributed by atoms with Gasteiger partial charge in [0.2, 0.25) is 10.0 Å². The summed E-state index contributed by atoms with van der Waals surface area (Å²) in [5.41, 5.74) is 0. The molecule has 0 aromatic rings. The topological polar surface area (TPSA) is 49.4 Å². The Balaban J connectivity index is 2.13. The first-order valence-electron chi connectivity index (χ1n) is 5.80. The van der Waals surface area contributed by atoms with Crippen LogP contribution in [-0.4, -0.2) is 56.2 Å². The molecule has 1 rings (SSSR count). The van der Waals surface area contributed by atoms with Crippen molar-refractivity contribution in [3.63, 3.8) is 0 Å². The number of rotatable bonds is 7. The van der Waals surface area contributed by atoms with Gasteiger partial charge < -0.3 is 5.32 Å². The van der Waals surface area contributed by atoms with Crippen LogP contribution in [0.1, 0.15) is 19.8 Å². The van der Waals surface area contributed by atoms with Crippen LogP contribution in [0.5, 0.6) is 0 Å². The van der Waals surface area contributed by atoms with Crippen molar-refractivity contribution < 1.29 is 8.42 Å². The summed E-state index contributed by atoms with van der Waals surface area (Å²) in [4.78, 5) is 0. The van der Waals surface area contributed by atoms with Crippen molar-refractivity contribution in [3.05, 3.63) is 0 Å². The molecule has 0 radical (unpaired) electrons. The van der Waals surface area contributed by atoms with Crippen LogP contribution >= 0.6 is 11.8 Å². The van der Waals surface area contributed by atoms with Crippen LogP contribution in [0.25, 0.3) is 0 Å². The van der Waals surface area contributed by atoms with Crippen molar-refractivity contribution in [1.29, 1.82) is 0 Å². The highest BCUT2D eigenvalue weighted by atomic mass is 32.2. The molecule has 1 N–H and O–H groups in total. The highest BCUT2D eigenvalue weighted by Gasteiger charge is 2.16. The molecule has 6 heteroatoms. The maximum atomic E-state index is 11.3. The van der Waals surface area contributed by atoms with Crippen LogP contribution in [0.15, 0.2) is 0 Å². The predicted octanol–water partition coefficient (Wildman–Crippen LogP) is 0.753. The van der Waals surface area contributed by atoms with E-state index in [1.807, 2.05) is 18.7 Å². The van der Waals surface area contributed by atoms with Gasteiger partial charge in [-0.05, 0) is 25.1 Å². The van der Waals surface area contributed by atoms with E-state index in [9.17, 15) is 8.42 Å². The maximum Gasteiger partial charge on any atom is 0.211 e. The zero-order chi connectivity index (χ0) is 12.0. The summed E-state index contributed by atoms with van der Waals surface area (Å²) < 4.78 is 24.2. The first kappa shape index (κ1) is 14.3. The zero-order valence-corrected chi connectivity index (χ0v) is 11.7. The fourth-order valence-electron chi connectivity index (χ4n) is 1.82. The van der Waals surface area contributed by atoms with Gasteiger partial charge in [0.25, 0.3) is 0 Å². The molecule has 1 unspecified atom stereocenters. The SMILES string of the molecule is CCN(CCCNC1CCSC1)S(C)(=O)=O. The first-order chi connectivity index (χ1) is 7.54. The van der Waals surface area contributed by atoms with Crippen molar-refractivity contribution in [1.82, 2.24) is 9.62 Å². The molecule has 96 valence electrons. The lowest BCUT2D eigenvalue weighted by molar-refractivity contribution is 0.413. The molecule has 0 spiro atoms. The third-order valence-electron chi connectivity index (χ3n) is 2.77. The summed E-state index contributed by atoms with van der Waals surface area (Å²) in [6.45, 7) is 3.99. The normalized spacial score (nSPS) is 21.8. The number of nitrogens with zero attached hydrogens (tertiary/aromatic N) is 1. The second kappa shape index (κ2) is 6.83. The van der Waals surface area contributed by atoms with E-state index in [1.165, 1.54) is 28.5 Å². The Morgan fingerprint density at radius 1 is 1.50 bits per heavy atom. The molecule has 1 aliphatic heterocycles. The van der Waals surface area contributed by atoms with E-state index >= 15 is 0 Å². The molecule has 1 atom stereocenters. The van der Waals surface area contributed by atoms with Crippen molar-refractivity contribution in [3.8, 4) is 0 Å². The number of sulfonamides is 1. The molecule has 0 bridgehead atoms. The smallest absolute Gasteiger partial charge is 0.211 e. The Bertz CT molecular complexity index is 287. The zero-order valence-electron chi connectivity index (χ0n) is 10.1. The third-order valence-corrected chi connectivity index (χ3v) is 5.31. The number of thioether (sulfide) groups is 1. The van der Waals surface area contributed by atoms with Gasteiger partial charge >= 0.3 is 0 Å². The van der Waals surface area contributed by atoms with E-state index < -0.39 is 10.0 Å². The summed E-state index contributed by atoms with van der Waals surface area (Å²) in [7, 11) is -3.01. The van der Waals surface area contributed by atoms with Crippen molar-refractivity contribution >= 4 is 21.8 Å². The van der Waals surface area contributed by atoms with Gasteiger partial charge in [0, 0.05) is 24.9 Å². The van der Waals surface area contributed by atoms with Crippen LogP contribution in [-0.2, 0) is 10.0 Å². The van der Waals surface area contributed by atoms with Gasteiger partial charge in [-0.25, -0.2) is 12.7 Å². The van der Waals surface area contributed by atoms with Crippen LogP contribution in [0.2, 0.25) is 0 Å². The minimum absolute atomic E-state index is 0.568. The maximum absolute atomic E-state index is 11.3. The van der Waals surface area contributed by atoms with E-state index in [4.69, 9.17) is 0 Å². The predicted molar refractivity (Wildman–Crippen MR) is 70.4 cm³/mol. The average molecular weight is 266 g/mol. The molecule has 1 heterocycles. The quantitative estimate of drug-likeness (QED) is 0.691. The Labute approximate surface area is 103 Å². The van der Waals surface area contributed by atoms with Gasteiger partial charge in [-0.3, -0.25) is 0 Å². The molecule has 0 amide bonds. The molecule has 0 aliphatic carbocycles. The van der Waals surface area contributed by atoms with Crippen molar-refractivity contribution in [2.24, 2.45) is 0 Å². The van der Waals surface area contributed by atoms with Crippen molar-refractivity contribution in [2.75, 3.05) is 37.4 Å². The Hall–Kier alpha value is 0.220. The highest BCUT2D eigenvalue weighted by molar-refractivity contribution is 7.99. The lowest BCUT2D eigenvalue weighted by atomic mass is 10.2. The summed E-state index contributed by atoms with van der Waals surface area (Å²) in [5, 5.41) is 3.47. The molecular weight excluding hydrogens is 244 g/mol. The fraction of sp³-hybridized carbons (Fsp3) is 1.00. The monoisotopic (exact) mass is 266 g/mol. The molecule has 16 heavy (non-hydrogen) atoms. The van der Waals surface area contributed by atoms with Crippen molar-refractivity contribution in [2.45, 2.75) is 25.8 Å². The van der Waals surface area contributed by atoms with E-state index in [2.05, 4.69) is 5.32 Å². The van der Waals surface area contributed by atoms with Gasteiger partial charge in [-0.15, -0.1) is 0 Å². The Morgan fingerprint density at radius 2 is 2.25 bits per heavy atom. The van der Waals surface area contributed by atoms with E-state index in [-0.39, 0.29) is 0 Å². The lowest BCUT2D eigenvalue weighted by Gasteiger charge is -2.18. The summed E-state index contributed by atoms with van der Waals surface area (Å²) in [5.74, 6) is 2.45. The Morgan fingerprint density at radius 3 is 2.75 bits per heavy atom. The van der Waals surface area contributed by atoms with Crippen LogP contribution in [0.3, 0.4) is 0 Å². The summed E-state index contributed by atoms with van der Waals surface area (Å²) >= 11 is 1.99. The van der Waals surface area contributed by atoms with Crippen LogP contribution in [0, 0.1) is 0 Å². The minimum Gasteiger partial charge on any atom is -0.313 e. The number of nitrogens with one attached hydrogen (secondary N) is 1.